The third-order valence-corrected chi connectivity index (χ3v) is 2.27. The average Bonchev–Trinajstić information content (AvgIpc) is 2.66. The molecule has 15 heavy (non-hydrogen) atoms. The highest BCUT2D eigenvalue weighted by molar-refractivity contribution is 5.85. The first-order valence-corrected chi connectivity index (χ1v) is 4.90. The smallest absolute Gasteiger partial charge is 0.249 e. The summed E-state index contributed by atoms with van der Waals surface area (Å²) in [7, 11) is 1.60. The van der Waals surface area contributed by atoms with Gasteiger partial charge in [-0.1, -0.05) is 0 Å². The number of carbonyl (C=O) groups is 1. The quantitative estimate of drug-likeness (QED) is 0.644. The Morgan fingerprint density at radius 3 is 2.87 bits per heavy atom. The molecule has 0 aliphatic carbocycles. The van der Waals surface area contributed by atoms with E-state index in [0.717, 1.165) is 12.8 Å². The Bertz CT molecular complexity index is 192. The summed E-state index contributed by atoms with van der Waals surface area (Å²) in [5, 5.41) is 2.74. The third-order valence-electron chi connectivity index (χ3n) is 2.27. The lowest BCUT2D eigenvalue weighted by atomic mass is 10.2. The number of nitrogens with two attached hydrogens (primary N) is 1. The highest BCUT2D eigenvalue weighted by Gasteiger charge is 2.29. The van der Waals surface area contributed by atoms with E-state index in [2.05, 4.69) is 5.32 Å². The van der Waals surface area contributed by atoms with Crippen molar-refractivity contribution in [2.24, 2.45) is 5.73 Å². The molecule has 0 bridgehead atoms. The second-order valence-corrected chi connectivity index (χ2v) is 3.34. The van der Waals surface area contributed by atoms with Gasteiger partial charge in [0.15, 0.2) is 0 Å². The van der Waals surface area contributed by atoms with E-state index in [1.807, 2.05) is 0 Å². The van der Waals surface area contributed by atoms with Gasteiger partial charge < -0.3 is 20.5 Å². The molecule has 3 N–H and O–H groups in total. The number of rotatable bonds is 5. The summed E-state index contributed by atoms with van der Waals surface area (Å²) in [6.45, 7) is 1.54. The van der Waals surface area contributed by atoms with E-state index in [-0.39, 0.29) is 30.5 Å². The van der Waals surface area contributed by atoms with Gasteiger partial charge in [-0.05, 0) is 12.8 Å². The van der Waals surface area contributed by atoms with Gasteiger partial charge in [-0.15, -0.1) is 12.4 Å². The molecule has 0 aromatic heterocycles. The highest BCUT2D eigenvalue weighted by Crippen LogP contribution is 2.18. The van der Waals surface area contributed by atoms with Crippen LogP contribution in [0, 0.1) is 0 Å². The maximum absolute atomic E-state index is 11.4. The zero-order chi connectivity index (χ0) is 10.4. The van der Waals surface area contributed by atoms with Crippen molar-refractivity contribution in [3.05, 3.63) is 0 Å². The molecule has 1 heterocycles. The Kier molecular flexibility index (Phi) is 7.68. The number of halogens is 1. The van der Waals surface area contributed by atoms with E-state index in [9.17, 15) is 4.79 Å². The SMILES string of the molecule is COCCNC(=O)[C@@H]1CC[C@H](CN)O1.Cl. The maximum Gasteiger partial charge on any atom is 0.249 e. The Morgan fingerprint density at radius 2 is 2.33 bits per heavy atom. The lowest BCUT2D eigenvalue weighted by Crippen LogP contribution is -2.37. The van der Waals surface area contributed by atoms with E-state index < -0.39 is 0 Å². The van der Waals surface area contributed by atoms with E-state index >= 15 is 0 Å². The minimum absolute atomic E-state index is 0. The van der Waals surface area contributed by atoms with Gasteiger partial charge in [-0.2, -0.15) is 0 Å². The van der Waals surface area contributed by atoms with Gasteiger partial charge in [0.1, 0.15) is 6.10 Å². The molecular weight excluding hydrogens is 220 g/mol. The Hall–Kier alpha value is -0.360. The summed E-state index contributed by atoms with van der Waals surface area (Å²) in [5.41, 5.74) is 5.44. The number of ether oxygens (including phenoxy) is 2. The van der Waals surface area contributed by atoms with Crippen LogP contribution in [0.4, 0.5) is 0 Å². The van der Waals surface area contributed by atoms with Crippen molar-refractivity contribution in [1.29, 1.82) is 0 Å². The normalized spacial score (nSPS) is 24.7. The Labute approximate surface area is 96.1 Å². The van der Waals surface area contributed by atoms with E-state index in [1.165, 1.54) is 0 Å². The van der Waals surface area contributed by atoms with Crippen molar-refractivity contribution in [2.75, 3.05) is 26.8 Å². The summed E-state index contributed by atoms with van der Waals surface area (Å²) in [6, 6.07) is 0. The predicted molar refractivity (Wildman–Crippen MR) is 59.1 cm³/mol. The van der Waals surface area contributed by atoms with Crippen LogP contribution in [0.15, 0.2) is 0 Å². The van der Waals surface area contributed by atoms with Crippen LogP contribution in [0.1, 0.15) is 12.8 Å². The summed E-state index contributed by atoms with van der Waals surface area (Å²) >= 11 is 0. The van der Waals surface area contributed by atoms with Gasteiger partial charge in [-0.3, -0.25) is 4.79 Å². The number of methoxy groups -OCH3 is 1. The molecule has 0 spiro atoms. The standard InChI is InChI=1S/C9H18N2O3.ClH/c1-13-5-4-11-9(12)8-3-2-7(6-10)14-8;/h7-8H,2-6,10H2,1H3,(H,11,12);1H/t7-,8+;/m1./s1. The van der Waals surface area contributed by atoms with Gasteiger partial charge in [0, 0.05) is 20.2 Å². The van der Waals surface area contributed by atoms with Crippen LogP contribution in [-0.4, -0.2) is 44.9 Å². The summed E-state index contributed by atoms with van der Waals surface area (Å²) in [5.74, 6) is -0.0574. The number of amides is 1. The first-order chi connectivity index (χ1) is 6.77. The molecule has 90 valence electrons. The number of nitrogens with one attached hydrogen (secondary N) is 1. The zero-order valence-electron chi connectivity index (χ0n) is 8.90. The minimum atomic E-state index is -0.319. The third kappa shape index (κ3) is 4.79. The van der Waals surface area contributed by atoms with Crippen molar-refractivity contribution in [1.82, 2.24) is 5.32 Å². The molecular formula is C9H19ClN2O3. The topological polar surface area (TPSA) is 73.6 Å². The molecule has 2 atom stereocenters. The second-order valence-electron chi connectivity index (χ2n) is 3.34. The van der Waals surface area contributed by atoms with E-state index in [4.69, 9.17) is 15.2 Å². The van der Waals surface area contributed by atoms with Crippen molar-refractivity contribution >= 4 is 18.3 Å². The highest BCUT2D eigenvalue weighted by atomic mass is 35.5. The van der Waals surface area contributed by atoms with Crippen LogP contribution in [0.25, 0.3) is 0 Å². The Morgan fingerprint density at radius 1 is 1.60 bits per heavy atom. The number of carbonyl (C=O) groups excluding carboxylic acids is 1. The fraction of sp³-hybridized carbons (Fsp3) is 0.889. The molecule has 1 rings (SSSR count). The molecule has 1 saturated heterocycles. The van der Waals surface area contributed by atoms with Gasteiger partial charge >= 0.3 is 0 Å². The lowest BCUT2D eigenvalue weighted by molar-refractivity contribution is -0.132. The summed E-state index contributed by atoms with van der Waals surface area (Å²) in [6.07, 6.45) is 1.37. The fourth-order valence-electron chi connectivity index (χ4n) is 1.46. The van der Waals surface area contributed by atoms with Gasteiger partial charge in [0.25, 0.3) is 0 Å². The van der Waals surface area contributed by atoms with Crippen molar-refractivity contribution in [3.8, 4) is 0 Å². The predicted octanol–water partition coefficient (Wildman–Crippen LogP) is -0.323. The molecule has 0 aromatic carbocycles. The second kappa shape index (κ2) is 7.87. The Balaban J connectivity index is 0.00000196. The van der Waals surface area contributed by atoms with Gasteiger partial charge in [0.05, 0.1) is 12.7 Å². The van der Waals surface area contributed by atoms with Gasteiger partial charge in [-0.25, -0.2) is 0 Å². The van der Waals surface area contributed by atoms with Crippen LogP contribution in [-0.2, 0) is 14.3 Å². The molecule has 0 radical (unpaired) electrons. The van der Waals surface area contributed by atoms with Crippen LogP contribution in [0.3, 0.4) is 0 Å². The van der Waals surface area contributed by atoms with E-state index in [0.29, 0.717) is 19.7 Å². The maximum atomic E-state index is 11.4. The largest absolute Gasteiger partial charge is 0.383 e. The van der Waals surface area contributed by atoms with Crippen molar-refractivity contribution in [2.45, 2.75) is 25.0 Å². The zero-order valence-corrected chi connectivity index (χ0v) is 9.72. The minimum Gasteiger partial charge on any atom is -0.383 e. The molecule has 1 amide bonds. The van der Waals surface area contributed by atoms with Crippen molar-refractivity contribution < 1.29 is 14.3 Å². The molecule has 1 aliphatic rings. The van der Waals surface area contributed by atoms with Crippen LogP contribution < -0.4 is 11.1 Å². The lowest BCUT2D eigenvalue weighted by Gasteiger charge is -2.12. The molecule has 0 saturated carbocycles. The molecule has 6 heteroatoms. The monoisotopic (exact) mass is 238 g/mol. The van der Waals surface area contributed by atoms with E-state index in [1.54, 1.807) is 7.11 Å². The molecule has 1 aliphatic heterocycles. The number of hydrogen-bond donors (Lipinski definition) is 2. The van der Waals surface area contributed by atoms with Crippen molar-refractivity contribution in [3.63, 3.8) is 0 Å². The fourth-order valence-corrected chi connectivity index (χ4v) is 1.46. The first-order valence-electron chi connectivity index (χ1n) is 4.90. The summed E-state index contributed by atoms with van der Waals surface area (Å²) in [4.78, 5) is 11.4. The first kappa shape index (κ1) is 14.6. The van der Waals surface area contributed by atoms with Crippen LogP contribution in [0.5, 0.6) is 0 Å². The molecule has 1 fully saturated rings. The average molecular weight is 239 g/mol. The molecule has 0 aromatic rings. The van der Waals surface area contributed by atoms with Gasteiger partial charge in [0.2, 0.25) is 5.91 Å². The van der Waals surface area contributed by atoms with Crippen LogP contribution >= 0.6 is 12.4 Å². The number of hydrogen-bond acceptors (Lipinski definition) is 4. The molecule has 0 unspecified atom stereocenters. The van der Waals surface area contributed by atoms with Crippen LogP contribution in [0.2, 0.25) is 0 Å². The molecule has 5 nitrogen and oxygen atoms in total. The summed E-state index contributed by atoms with van der Waals surface area (Å²) < 4.78 is 10.2.